The van der Waals surface area contributed by atoms with E-state index in [1.54, 1.807) is 19.0 Å². The van der Waals surface area contributed by atoms with Crippen molar-refractivity contribution < 1.29 is 4.79 Å². The van der Waals surface area contributed by atoms with Crippen LogP contribution in [0, 0.1) is 0 Å². The molecule has 0 fully saturated rings. The molecule has 0 N–H and O–H groups in total. The summed E-state index contributed by atoms with van der Waals surface area (Å²) in [5.74, 6) is 0.0129. The molecule has 2 nitrogen and oxygen atoms in total. The minimum Gasteiger partial charge on any atom is -0.345 e. The predicted octanol–water partition coefficient (Wildman–Crippen LogP) is 3.34. The molecule has 0 saturated carbocycles. The largest absolute Gasteiger partial charge is 0.345 e. The lowest BCUT2D eigenvalue weighted by atomic mass is 10.0. The molecule has 3 heteroatoms. The van der Waals surface area contributed by atoms with Gasteiger partial charge in [-0.1, -0.05) is 24.3 Å². The summed E-state index contributed by atoms with van der Waals surface area (Å²) in [6, 6.07) is 15.5. The molecule has 2 aromatic carbocycles. The molecular weight excluding hydrogens is 242 g/mol. The van der Waals surface area contributed by atoms with Crippen molar-refractivity contribution in [3.05, 3.63) is 54.1 Å². The van der Waals surface area contributed by atoms with E-state index in [2.05, 4.69) is 12.6 Å². The highest BCUT2D eigenvalue weighted by Gasteiger charge is 2.08. The normalized spacial score (nSPS) is 10.2. The number of rotatable bonds is 2. The van der Waals surface area contributed by atoms with Gasteiger partial charge in [-0.05, 0) is 35.4 Å². The number of thiol groups is 1. The van der Waals surface area contributed by atoms with Gasteiger partial charge in [-0.3, -0.25) is 4.79 Å². The van der Waals surface area contributed by atoms with Crippen molar-refractivity contribution in [1.29, 1.82) is 0 Å². The quantitative estimate of drug-likeness (QED) is 0.818. The van der Waals surface area contributed by atoms with Crippen molar-refractivity contribution in [3.8, 4) is 11.1 Å². The summed E-state index contributed by atoms with van der Waals surface area (Å²) in [6.45, 7) is 0. The lowest BCUT2D eigenvalue weighted by Gasteiger charge is -2.11. The average molecular weight is 257 g/mol. The number of hydrogen-bond acceptors (Lipinski definition) is 2. The third kappa shape index (κ3) is 2.74. The maximum atomic E-state index is 11.9. The van der Waals surface area contributed by atoms with Crippen LogP contribution in [0.5, 0.6) is 0 Å². The first-order chi connectivity index (χ1) is 8.58. The molecule has 18 heavy (non-hydrogen) atoms. The van der Waals surface area contributed by atoms with Crippen LogP contribution in [0.4, 0.5) is 0 Å². The van der Waals surface area contributed by atoms with E-state index >= 15 is 0 Å². The Kier molecular flexibility index (Phi) is 3.72. The predicted molar refractivity (Wildman–Crippen MR) is 77.1 cm³/mol. The van der Waals surface area contributed by atoms with Crippen molar-refractivity contribution in [1.82, 2.24) is 4.90 Å². The van der Waals surface area contributed by atoms with Gasteiger partial charge in [0.1, 0.15) is 0 Å². The zero-order valence-electron chi connectivity index (χ0n) is 10.4. The Hall–Kier alpha value is -1.74. The van der Waals surface area contributed by atoms with Gasteiger partial charge < -0.3 is 4.90 Å². The highest BCUT2D eigenvalue weighted by atomic mass is 32.1. The molecular formula is C15H15NOS. The molecule has 0 aliphatic rings. The van der Waals surface area contributed by atoms with E-state index in [1.807, 2.05) is 48.5 Å². The highest BCUT2D eigenvalue weighted by molar-refractivity contribution is 7.80. The molecule has 0 radical (unpaired) electrons. The highest BCUT2D eigenvalue weighted by Crippen LogP contribution is 2.23. The van der Waals surface area contributed by atoms with E-state index < -0.39 is 0 Å². The van der Waals surface area contributed by atoms with Crippen LogP contribution in [0.2, 0.25) is 0 Å². The molecule has 0 aromatic heterocycles. The minimum atomic E-state index is 0.0129. The maximum Gasteiger partial charge on any atom is 0.253 e. The molecule has 2 rings (SSSR count). The molecule has 0 atom stereocenters. The molecule has 0 heterocycles. The Balaban J connectivity index is 2.42. The van der Waals surface area contributed by atoms with Gasteiger partial charge in [0.25, 0.3) is 5.91 Å². The Labute approximate surface area is 113 Å². The summed E-state index contributed by atoms with van der Waals surface area (Å²) >= 11 is 4.33. The molecule has 2 aromatic rings. The molecule has 0 spiro atoms. The summed E-state index contributed by atoms with van der Waals surface area (Å²) in [7, 11) is 3.51. The fourth-order valence-electron chi connectivity index (χ4n) is 1.78. The summed E-state index contributed by atoms with van der Waals surface area (Å²) in [6.07, 6.45) is 0. The number of benzene rings is 2. The molecule has 1 amide bonds. The van der Waals surface area contributed by atoms with E-state index in [1.165, 1.54) is 0 Å². The summed E-state index contributed by atoms with van der Waals surface area (Å²) in [5, 5.41) is 0. The number of hydrogen-bond donors (Lipinski definition) is 1. The summed E-state index contributed by atoms with van der Waals surface area (Å²) in [5.41, 5.74) is 2.79. The Bertz CT molecular complexity index is 578. The van der Waals surface area contributed by atoms with Gasteiger partial charge in [0.15, 0.2) is 0 Å². The van der Waals surface area contributed by atoms with Gasteiger partial charge in [0.2, 0.25) is 0 Å². The van der Waals surface area contributed by atoms with Crippen molar-refractivity contribution in [2.24, 2.45) is 0 Å². The lowest BCUT2D eigenvalue weighted by Crippen LogP contribution is -2.21. The molecule has 92 valence electrons. The van der Waals surface area contributed by atoms with Crippen molar-refractivity contribution in [3.63, 3.8) is 0 Å². The van der Waals surface area contributed by atoms with Crippen molar-refractivity contribution in [2.75, 3.05) is 14.1 Å². The van der Waals surface area contributed by atoms with E-state index in [0.717, 1.165) is 16.0 Å². The molecule has 0 unspecified atom stereocenters. The standard InChI is InChI=1S/C15H15NOS/c1-16(2)15(17)13-7-3-5-11(9-13)12-6-4-8-14(18)10-12/h3-10,18H,1-2H3. The number of nitrogens with zero attached hydrogens (tertiary/aromatic N) is 1. The van der Waals surface area contributed by atoms with Crippen LogP contribution in [0.25, 0.3) is 11.1 Å². The Morgan fingerprint density at radius 2 is 1.61 bits per heavy atom. The second-order valence-corrected chi connectivity index (χ2v) is 4.85. The zero-order valence-corrected chi connectivity index (χ0v) is 11.3. The lowest BCUT2D eigenvalue weighted by molar-refractivity contribution is 0.0827. The topological polar surface area (TPSA) is 20.3 Å². The Morgan fingerprint density at radius 3 is 2.22 bits per heavy atom. The van der Waals surface area contributed by atoms with Gasteiger partial charge >= 0.3 is 0 Å². The van der Waals surface area contributed by atoms with Gasteiger partial charge in [0, 0.05) is 24.6 Å². The van der Waals surface area contributed by atoms with Gasteiger partial charge in [-0.2, -0.15) is 0 Å². The third-order valence-corrected chi connectivity index (χ3v) is 2.97. The monoisotopic (exact) mass is 257 g/mol. The minimum absolute atomic E-state index is 0.0129. The number of carbonyl (C=O) groups excluding carboxylic acids is 1. The third-order valence-electron chi connectivity index (χ3n) is 2.70. The van der Waals surface area contributed by atoms with E-state index in [4.69, 9.17) is 0 Å². The second kappa shape index (κ2) is 5.27. The molecule has 0 aliphatic carbocycles. The number of amides is 1. The number of carbonyl (C=O) groups is 1. The van der Waals surface area contributed by atoms with Gasteiger partial charge in [-0.15, -0.1) is 12.6 Å². The fraction of sp³-hybridized carbons (Fsp3) is 0.133. The zero-order chi connectivity index (χ0) is 13.1. The van der Waals surface area contributed by atoms with Crippen molar-refractivity contribution >= 4 is 18.5 Å². The van der Waals surface area contributed by atoms with Crippen LogP contribution in [0.15, 0.2) is 53.4 Å². The van der Waals surface area contributed by atoms with Crippen molar-refractivity contribution in [2.45, 2.75) is 4.90 Å². The first-order valence-electron chi connectivity index (χ1n) is 5.69. The molecule has 0 saturated heterocycles. The van der Waals surface area contributed by atoms with E-state index in [9.17, 15) is 4.79 Å². The van der Waals surface area contributed by atoms with Crippen LogP contribution < -0.4 is 0 Å². The van der Waals surface area contributed by atoms with Crippen LogP contribution in [0.3, 0.4) is 0 Å². The average Bonchev–Trinajstić information content (AvgIpc) is 2.38. The van der Waals surface area contributed by atoms with E-state index in [-0.39, 0.29) is 5.91 Å². The second-order valence-electron chi connectivity index (χ2n) is 4.33. The smallest absolute Gasteiger partial charge is 0.253 e. The van der Waals surface area contributed by atoms with Gasteiger partial charge in [0.05, 0.1) is 0 Å². The summed E-state index contributed by atoms with van der Waals surface area (Å²) < 4.78 is 0. The van der Waals surface area contributed by atoms with Crippen LogP contribution in [0.1, 0.15) is 10.4 Å². The SMILES string of the molecule is CN(C)C(=O)c1cccc(-c2cccc(S)c2)c1. The van der Waals surface area contributed by atoms with Crippen LogP contribution in [-0.2, 0) is 0 Å². The van der Waals surface area contributed by atoms with E-state index in [0.29, 0.717) is 5.56 Å². The summed E-state index contributed by atoms with van der Waals surface area (Å²) in [4.78, 5) is 14.4. The molecule has 0 aliphatic heterocycles. The van der Waals surface area contributed by atoms with Crippen LogP contribution in [-0.4, -0.2) is 24.9 Å². The van der Waals surface area contributed by atoms with Crippen LogP contribution >= 0.6 is 12.6 Å². The van der Waals surface area contributed by atoms with Gasteiger partial charge in [-0.25, -0.2) is 0 Å². The fourth-order valence-corrected chi connectivity index (χ4v) is 2.00. The molecule has 0 bridgehead atoms. The first kappa shape index (κ1) is 12.7. The Morgan fingerprint density at radius 1 is 1.00 bits per heavy atom. The maximum absolute atomic E-state index is 11.9. The first-order valence-corrected chi connectivity index (χ1v) is 6.14.